The first-order chi connectivity index (χ1) is 18.8. The van der Waals surface area contributed by atoms with Crippen LogP contribution >= 0.6 is 0 Å². The molecule has 2 aromatic carbocycles. The predicted molar refractivity (Wildman–Crippen MR) is 147 cm³/mol. The van der Waals surface area contributed by atoms with E-state index >= 15 is 0 Å². The highest BCUT2D eigenvalue weighted by molar-refractivity contribution is 5.92. The van der Waals surface area contributed by atoms with Gasteiger partial charge in [0.2, 0.25) is 5.91 Å². The zero-order valence-electron chi connectivity index (χ0n) is 22.1. The fourth-order valence-corrected chi connectivity index (χ4v) is 6.24. The van der Waals surface area contributed by atoms with Crippen LogP contribution in [0.5, 0.6) is 0 Å². The highest BCUT2D eigenvalue weighted by Gasteiger charge is 2.35. The SMILES string of the molecule is Cc1cc(/C=C/C(=O)N2CCC(C(NC3CCC(c4c[nH]c5ccccc45)CC3)C(=O)O)CC2)cc(F)c1F. The van der Waals surface area contributed by atoms with Crippen molar-refractivity contribution in [3.8, 4) is 0 Å². The first-order valence-electron chi connectivity index (χ1n) is 13.8. The molecule has 3 N–H and O–H groups in total. The molecule has 39 heavy (non-hydrogen) atoms. The van der Waals surface area contributed by atoms with Gasteiger partial charge >= 0.3 is 5.97 Å². The van der Waals surface area contributed by atoms with Gasteiger partial charge in [0.15, 0.2) is 11.6 Å². The molecule has 1 saturated carbocycles. The number of rotatable bonds is 7. The third-order valence-corrected chi connectivity index (χ3v) is 8.44. The summed E-state index contributed by atoms with van der Waals surface area (Å²) in [5.41, 5.74) is 3.11. The summed E-state index contributed by atoms with van der Waals surface area (Å²) in [6.45, 7) is 2.40. The van der Waals surface area contributed by atoms with Crippen LogP contribution in [-0.2, 0) is 9.59 Å². The average molecular weight is 536 g/mol. The van der Waals surface area contributed by atoms with Crippen molar-refractivity contribution in [3.63, 3.8) is 0 Å². The van der Waals surface area contributed by atoms with Crippen molar-refractivity contribution in [2.45, 2.75) is 63.5 Å². The summed E-state index contributed by atoms with van der Waals surface area (Å²) in [6.07, 6.45) is 10.1. The highest BCUT2D eigenvalue weighted by Crippen LogP contribution is 2.37. The van der Waals surface area contributed by atoms with Crippen molar-refractivity contribution < 1.29 is 23.5 Å². The van der Waals surface area contributed by atoms with E-state index in [4.69, 9.17) is 0 Å². The highest BCUT2D eigenvalue weighted by atomic mass is 19.2. The Morgan fingerprint density at radius 3 is 2.49 bits per heavy atom. The topological polar surface area (TPSA) is 85.4 Å². The number of aliphatic carboxylic acids is 1. The molecule has 2 aliphatic rings. The summed E-state index contributed by atoms with van der Waals surface area (Å²) < 4.78 is 27.2. The summed E-state index contributed by atoms with van der Waals surface area (Å²) in [4.78, 5) is 29.9. The number of nitrogens with zero attached hydrogens (tertiary/aromatic N) is 1. The molecule has 2 heterocycles. The Morgan fingerprint density at radius 2 is 1.79 bits per heavy atom. The normalized spacial score (nSPS) is 21.5. The fraction of sp³-hybridized carbons (Fsp3) is 0.419. The number of aromatic amines is 1. The minimum atomic E-state index is -0.943. The van der Waals surface area contributed by atoms with Crippen molar-refractivity contribution >= 4 is 28.9 Å². The van der Waals surface area contributed by atoms with Crippen LogP contribution in [0.15, 0.2) is 48.7 Å². The number of piperidine rings is 1. The number of aromatic nitrogens is 1. The summed E-state index contributed by atoms with van der Waals surface area (Å²) in [5.74, 6) is -2.47. The van der Waals surface area contributed by atoms with E-state index in [1.54, 1.807) is 4.90 Å². The molecule has 206 valence electrons. The van der Waals surface area contributed by atoms with Gasteiger partial charge in [0.05, 0.1) is 0 Å². The number of hydrogen-bond donors (Lipinski definition) is 3. The van der Waals surface area contributed by atoms with Gasteiger partial charge in [-0.3, -0.25) is 9.59 Å². The van der Waals surface area contributed by atoms with Gasteiger partial charge in [-0.25, -0.2) is 8.78 Å². The number of carbonyl (C=O) groups excluding carboxylic acids is 1. The third-order valence-electron chi connectivity index (χ3n) is 8.44. The number of benzene rings is 2. The van der Waals surface area contributed by atoms with E-state index in [1.165, 1.54) is 36.1 Å². The molecule has 1 aliphatic heterocycles. The molecular formula is C31H35F2N3O3. The van der Waals surface area contributed by atoms with Crippen LogP contribution in [0.1, 0.15) is 61.1 Å². The van der Waals surface area contributed by atoms with E-state index < -0.39 is 23.6 Å². The Bertz CT molecular complexity index is 1350. The van der Waals surface area contributed by atoms with E-state index in [1.807, 2.05) is 6.07 Å². The van der Waals surface area contributed by atoms with E-state index in [9.17, 15) is 23.5 Å². The lowest BCUT2D eigenvalue weighted by atomic mass is 9.80. The number of hydrogen-bond acceptors (Lipinski definition) is 3. The molecule has 1 atom stereocenters. The predicted octanol–water partition coefficient (Wildman–Crippen LogP) is 5.78. The molecule has 1 aliphatic carbocycles. The number of carboxylic acids is 1. The van der Waals surface area contributed by atoms with Gasteiger partial charge in [-0.1, -0.05) is 18.2 Å². The Morgan fingerprint density at radius 1 is 1.08 bits per heavy atom. The number of fused-ring (bicyclic) bond motifs is 1. The molecule has 1 amide bonds. The van der Waals surface area contributed by atoms with Crippen LogP contribution in [0, 0.1) is 24.5 Å². The van der Waals surface area contributed by atoms with E-state index in [0.717, 1.165) is 37.3 Å². The second kappa shape index (κ2) is 11.7. The van der Waals surface area contributed by atoms with Gasteiger partial charge in [-0.2, -0.15) is 0 Å². The molecule has 1 aromatic heterocycles. The lowest BCUT2D eigenvalue weighted by molar-refractivity contribution is -0.142. The summed E-state index contributed by atoms with van der Waals surface area (Å²) >= 11 is 0. The van der Waals surface area contributed by atoms with E-state index in [-0.39, 0.29) is 23.4 Å². The number of amides is 1. The van der Waals surface area contributed by atoms with Crippen molar-refractivity contribution in [1.82, 2.24) is 15.2 Å². The van der Waals surface area contributed by atoms with Gasteiger partial charge in [0.25, 0.3) is 0 Å². The second-order valence-corrected chi connectivity index (χ2v) is 11.0. The fourth-order valence-electron chi connectivity index (χ4n) is 6.24. The summed E-state index contributed by atoms with van der Waals surface area (Å²) in [5, 5.41) is 14.7. The van der Waals surface area contributed by atoms with Gasteiger partial charge in [-0.05, 0) is 98.2 Å². The van der Waals surface area contributed by atoms with Crippen LogP contribution in [0.4, 0.5) is 8.78 Å². The maximum Gasteiger partial charge on any atom is 0.320 e. The van der Waals surface area contributed by atoms with Crippen LogP contribution in [0.2, 0.25) is 0 Å². The summed E-state index contributed by atoms with van der Waals surface area (Å²) in [6, 6.07) is 10.4. The molecule has 1 unspecified atom stereocenters. The van der Waals surface area contributed by atoms with Crippen molar-refractivity contribution in [3.05, 3.63) is 77.0 Å². The van der Waals surface area contributed by atoms with Crippen LogP contribution < -0.4 is 5.32 Å². The third kappa shape index (κ3) is 6.06. The van der Waals surface area contributed by atoms with Gasteiger partial charge in [-0.15, -0.1) is 0 Å². The minimum Gasteiger partial charge on any atom is -0.480 e. The molecule has 8 heteroatoms. The van der Waals surface area contributed by atoms with E-state index in [0.29, 0.717) is 37.4 Å². The number of para-hydroxylation sites is 1. The number of aryl methyl sites for hydroxylation is 1. The van der Waals surface area contributed by atoms with Crippen LogP contribution in [-0.4, -0.2) is 52.0 Å². The minimum absolute atomic E-state index is 0.0595. The Balaban J connectivity index is 1.13. The zero-order valence-corrected chi connectivity index (χ0v) is 22.1. The molecule has 1 saturated heterocycles. The molecule has 6 nitrogen and oxygen atoms in total. The number of likely N-dealkylation sites (tertiary alicyclic amines) is 1. The average Bonchev–Trinajstić information content (AvgIpc) is 3.38. The number of H-pyrrole nitrogens is 1. The molecule has 3 aromatic rings. The van der Waals surface area contributed by atoms with E-state index in [2.05, 4.69) is 34.7 Å². The maximum absolute atomic E-state index is 13.7. The maximum atomic E-state index is 13.7. The van der Waals surface area contributed by atoms with Gasteiger partial charge in [0.1, 0.15) is 6.04 Å². The quantitative estimate of drug-likeness (QED) is 0.335. The smallest absolute Gasteiger partial charge is 0.320 e. The number of carboxylic acid groups (broad SMARTS) is 1. The monoisotopic (exact) mass is 535 g/mol. The molecule has 0 bridgehead atoms. The molecular weight excluding hydrogens is 500 g/mol. The van der Waals surface area contributed by atoms with Gasteiger partial charge in [0, 0.05) is 42.3 Å². The van der Waals surface area contributed by atoms with Gasteiger partial charge < -0.3 is 20.3 Å². The molecule has 0 spiro atoms. The second-order valence-electron chi connectivity index (χ2n) is 11.0. The Labute approximate surface area is 227 Å². The van der Waals surface area contributed by atoms with Crippen molar-refractivity contribution in [2.75, 3.05) is 13.1 Å². The van der Waals surface area contributed by atoms with Crippen LogP contribution in [0.25, 0.3) is 17.0 Å². The standard InChI is InChI=1S/C31H35F2N3O3/c1-19-16-20(17-26(32)29(19)33)6-11-28(37)36-14-12-22(13-15-36)30(31(38)39)35-23-9-7-21(8-10-23)25-18-34-27-5-3-2-4-24(25)27/h2-6,11,16-18,21-23,30,34-35H,7-10,12-15H2,1H3,(H,38,39)/b11-6+. The molecule has 5 rings (SSSR count). The Kier molecular flexibility index (Phi) is 8.12. The first kappa shape index (κ1) is 27.1. The number of carbonyl (C=O) groups is 2. The molecule has 0 radical (unpaired) electrons. The zero-order chi connectivity index (χ0) is 27.5. The Hall–Kier alpha value is -3.52. The van der Waals surface area contributed by atoms with Crippen molar-refractivity contribution in [2.24, 2.45) is 5.92 Å². The first-order valence-corrected chi connectivity index (χ1v) is 13.8. The summed E-state index contributed by atoms with van der Waals surface area (Å²) in [7, 11) is 0. The lowest BCUT2D eigenvalue weighted by Gasteiger charge is -2.37. The lowest BCUT2D eigenvalue weighted by Crippen LogP contribution is -2.52. The largest absolute Gasteiger partial charge is 0.480 e. The number of nitrogens with one attached hydrogen (secondary N) is 2. The van der Waals surface area contributed by atoms with Crippen molar-refractivity contribution in [1.29, 1.82) is 0 Å². The number of halogens is 2. The van der Waals surface area contributed by atoms with Crippen LogP contribution in [0.3, 0.4) is 0 Å². The molecule has 2 fully saturated rings.